The quantitative estimate of drug-likeness (QED) is 0.725. The van der Waals surface area contributed by atoms with Crippen molar-refractivity contribution in [2.24, 2.45) is 11.7 Å². The summed E-state index contributed by atoms with van der Waals surface area (Å²) < 4.78 is 4.78. The molecule has 0 bridgehead atoms. The lowest BCUT2D eigenvalue weighted by atomic mass is 9.83. The van der Waals surface area contributed by atoms with Gasteiger partial charge in [0.05, 0.1) is 13.0 Å². The van der Waals surface area contributed by atoms with E-state index in [2.05, 4.69) is 5.32 Å². The monoisotopic (exact) mass is 292 g/mol. The summed E-state index contributed by atoms with van der Waals surface area (Å²) in [6.45, 7) is 2.49. The second-order valence-corrected chi connectivity index (χ2v) is 4.82. The fourth-order valence-electron chi connectivity index (χ4n) is 2.34. The first-order valence-electron chi connectivity index (χ1n) is 6.81. The molecule has 0 aromatic rings. The summed E-state index contributed by atoms with van der Waals surface area (Å²) in [4.78, 5) is 22.8. The number of hydrogen-bond acceptors (Lipinski definition) is 4. The van der Waals surface area contributed by atoms with Gasteiger partial charge in [-0.15, -0.1) is 12.4 Å². The summed E-state index contributed by atoms with van der Waals surface area (Å²) in [7, 11) is 0. The summed E-state index contributed by atoms with van der Waals surface area (Å²) in [6, 6.07) is 0.148. The Kier molecular flexibility index (Phi) is 9.61. The van der Waals surface area contributed by atoms with Gasteiger partial charge in [-0.25, -0.2) is 0 Å². The molecule has 0 aromatic carbocycles. The fraction of sp³-hybridized carbons (Fsp3) is 0.846. The minimum Gasteiger partial charge on any atom is -0.466 e. The number of carbonyl (C=O) groups excluding carboxylic acids is 2. The van der Waals surface area contributed by atoms with Crippen molar-refractivity contribution in [3.63, 3.8) is 0 Å². The van der Waals surface area contributed by atoms with Crippen LogP contribution in [-0.4, -0.2) is 31.1 Å². The van der Waals surface area contributed by atoms with E-state index < -0.39 is 0 Å². The summed E-state index contributed by atoms with van der Waals surface area (Å²) in [6.07, 6.45) is 5.09. The summed E-state index contributed by atoms with van der Waals surface area (Å²) in [5, 5.41) is 2.74. The van der Waals surface area contributed by atoms with Gasteiger partial charge < -0.3 is 15.8 Å². The Morgan fingerprint density at radius 3 is 2.63 bits per heavy atom. The molecule has 0 heterocycles. The van der Waals surface area contributed by atoms with E-state index in [1.165, 1.54) is 6.42 Å². The minimum atomic E-state index is -0.271. The second kappa shape index (κ2) is 10.0. The van der Waals surface area contributed by atoms with Gasteiger partial charge in [0.2, 0.25) is 5.91 Å². The number of esters is 1. The van der Waals surface area contributed by atoms with Gasteiger partial charge in [0.15, 0.2) is 0 Å². The molecular weight excluding hydrogens is 268 g/mol. The highest BCUT2D eigenvalue weighted by molar-refractivity contribution is 5.85. The average Bonchev–Trinajstić information content (AvgIpc) is 2.32. The van der Waals surface area contributed by atoms with Crippen LogP contribution in [0.4, 0.5) is 0 Å². The molecule has 112 valence electrons. The van der Waals surface area contributed by atoms with Crippen LogP contribution < -0.4 is 11.1 Å². The zero-order valence-corrected chi connectivity index (χ0v) is 12.3. The average molecular weight is 293 g/mol. The SMILES string of the molecule is CCOC(=O)CCNC(=O)CC1CCCCC1N.Cl. The van der Waals surface area contributed by atoms with Crippen LogP contribution in [0.1, 0.15) is 45.4 Å². The minimum absolute atomic E-state index is 0. The van der Waals surface area contributed by atoms with Gasteiger partial charge in [-0.05, 0) is 25.7 Å². The highest BCUT2D eigenvalue weighted by Crippen LogP contribution is 2.25. The molecule has 1 aliphatic carbocycles. The van der Waals surface area contributed by atoms with Crippen molar-refractivity contribution in [1.29, 1.82) is 0 Å². The third-order valence-electron chi connectivity index (χ3n) is 3.37. The predicted octanol–water partition coefficient (Wildman–Crippen LogP) is 1.39. The molecule has 0 saturated heterocycles. The van der Waals surface area contributed by atoms with E-state index in [1.807, 2.05) is 0 Å². The van der Waals surface area contributed by atoms with Crippen LogP contribution in [0.3, 0.4) is 0 Å². The number of carbonyl (C=O) groups is 2. The molecule has 6 heteroatoms. The number of nitrogens with two attached hydrogens (primary N) is 1. The number of amides is 1. The Labute approximate surface area is 121 Å². The van der Waals surface area contributed by atoms with E-state index in [0.29, 0.717) is 25.5 Å². The number of halogens is 1. The normalized spacial score (nSPS) is 22.2. The fourth-order valence-corrected chi connectivity index (χ4v) is 2.34. The molecule has 0 spiro atoms. The zero-order valence-electron chi connectivity index (χ0n) is 11.5. The molecule has 1 saturated carbocycles. The van der Waals surface area contributed by atoms with E-state index >= 15 is 0 Å². The van der Waals surface area contributed by atoms with E-state index in [-0.39, 0.29) is 36.7 Å². The first-order chi connectivity index (χ1) is 8.63. The van der Waals surface area contributed by atoms with Crippen LogP contribution >= 0.6 is 12.4 Å². The Morgan fingerprint density at radius 2 is 2.00 bits per heavy atom. The van der Waals surface area contributed by atoms with Gasteiger partial charge in [0.25, 0.3) is 0 Å². The van der Waals surface area contributed by atoms with Crippen molar-refractivity contribution in [2.45, 2.75) is 51.5 Å². The van der Waals surface area contributed by atoms with Crippen LogP contribution in [0.25, 0.3) is 0 Å². The molecule has 1 rings (SSSR count). The van der Waals surface area contributed by atoms with Gasteiger partial charge in [0.1, 0.15) is 0 Å². The van der Waals surface area contributed by atoms with Crippen LogP contribution in [0.2, 0.25) is 0 Å². The molecule has 3 N–H and O–H groups in total. The molecule has 1 fully saturated rings. The van der Waals surface area contributed by atoms with E-state index in [4.69, 9.17) is 10.5 Å². The lowest BCUT2D eigenvalue weighted by Gasteiger charge is -2.27. The molecule has 5 nitrogen and oxygen atoms in total. The van der Waals surface area contributed by atoms with E-state index in [1.54, 1.807) is 6.92 Å². The maximum Gasteiger partial charge on any atom is 0.307 e. The second-order valence-electron chi connectivity index (χ2n) is 4.82. The largest absolute Gasteiger partial charge is 0.466 e. The van der Waals surface area contributed by atoms with Crippen LogP contribution in [0, 0.1) is 5.92 Å². The highest BCUT2D eigenvalue weighted by atomic mass is 35.5. The molecule has 0 aromatic heterocycles. The number of hydrogen-bond donors (Lipinski definition) is 2. The van der Waals surface area contributed by atoms with E-state index in [0.717, 1.165) is 19.3 Å². The van der Waals surface area contributed by atoms with Gasteiger partial charge in [-0.3, -0.25) is 9.59 Å². The molecule has 2 atom stereocenters. The smallest absolute Gasteiger partial charge is 0.307 e. The predicted molar refractivity (Wildman–Crippen MR) is 76.1 cm³/mol. The van der Waals surface area contributed by atoms with Crippen molar-refractivity contribution in [1.82, 2.24) is 5.32 Å². The van der Waals surface area contributed by atoms with Crippen LogP contribution in [-0.2, 0) is 14.3 Å². The van der Waals surface area contributed by atoms with Crippen LogP contribution in [0.5, 0.6) is 0 Å². The molecule has 1 aliphatic rings. The topological polar surface area (TPSA) is 81.4 Å². The van der Waals surface area contributed by atoms with Crippen molar-refractivity contribution < 1.29 is 14.3 Å². The Morgan fingerprint density at radius 1 is 1.32 bits per heavy atom. The number of nitrogens with one attached hydrogen (secondary N) is 1. The third-order valence-corrected chi connectivity index (χ3v) is 3.37. The maximum atomic E-state index is 11.7. The van der Waals surface area contributed by atoms with Gasteiger partial charge >= 0.3 is 5.97 Å². The van der Waals surface area contributed by atoms with Crippen molar-refractivity contribution in [2.75, 3.05) is 13.2 Å². The van der Waals surface area contributed by atoms with Gasteiger partial charge in [0, 0.05) is 19.0 Å². The van der Waals surface area contributed by atoms with Crippen molar-refractivity contribution >= 4 is 24.3 Å². The summed E-state index contributed by atoms with van der Waals surface area (Å²) in [5.41, 5.74) is 5.99. The molecule has 0 radical (unpaired) electrons. The van der Waals surface area contributed by atoms with Crippen LogP contribution in [0.15, 0.2) is 0 Å². The highest BCUT2D eigenvalue weighted by Gasteiger charge is 2.23. The third kappa shape index (κ3) is 7.38. The van der Waals surface area contributed by atoms with Gasteiger partial charge in [-0.1, -0.05) is 12.8 Å². The Bertz CT molecular complexity index is 287. The molecular formula is C13H25ClN2O3. The summed E-state index contributed by atoms with van der Waals surface area (Å²) in [5.74, 6) is 0.00941. The maximum absolute atomic E-state index is 11.7. The first kappa shape index (κ1) is 18.2. The molecule has 1 amide bonds. The summed E-state index contributed by atoms with van der Waals surface area (Å²) >= 11 is 0. The molecule has 0 aliphatic heterocycles. The van der Waals surface area contributed by atoms with Crippen molar-refractivity contribution in [3.8, 4) is 0 Å². The first-order valence-corrected chi connectivity index (χ1v) is 6.81. The molecule has 19 heavy (non-hydrogen) atoms. The Balaban J connectivity index is 0.00000324. The zero-order chi connectivity index (χ0) is 13.4. The lowest BCUT2D eigenvalue weighted by Crippen LogP contribution is -2.37. The molecule has 2 unspecified atom stereocenters. The Hall–Kier alpha value is -0.810. The van der Waals surface area contributed by atoms with Crippen molar-refractivity contribution in [3.05, 3.63) is 0 Å². The number of rotatable bonds is 6. The van der Waals surface area contributed by atoms with Gasteiger partial charge in [-0.2, -0.15) is 0 Å². The standard InChI is InChI=1S/C13H24N2O3.ClH/c1-2-18-13(17)7-8-15-12(16)9-10-5-3-4-6-11(10)14;/h10-11H,2-9,14H2,1H3,(H,15,16);1H. The van der Waals surface area contributed by atoms with E-state index in [9.17, 15) is 9.59 Å². The number of ether oxygens (including phenoxy) is 1. The lowest BCUT2D eigenvalue weighted by molar-refractivity contribution is -0.143.